The summed E-state index contributed by atoms with van der Waals surface area (Å²) in [4.78, 5) is 14.1. The predicted octanol–water partition coefficient (Wildman–Crippen LogP) is 2.29. The van der Waals surface area contributed by atoms with Crippen molar-refractivity contribution in [2.75, 3.05) is 34.3 Å². The fourth-order valence-electron chi connectivity index (χ4n) is 2.56. The molecule has 2 N–H and O–H groups in total. The number of nitrogens with one attached hydrogen (secondary N) is 1. The topological polar surface area (TPSA) is 61.8 Å². The summed E-state index contributed by atoms with van der Waals surface area (Å²) < 4.78 is 32.5. The average molecular weight is 364 g/mol. The molecule has 0 saturated carbocycles. The van der Waals surface area contributed by atoms with E-state index in [9.17, 15) is 18.7 Å². The number of hydrogen-bond donors (Lipinski definition) is 2. The van der Waals surface area contributed by atoms with E-state index in [4.69, 9.17) is 0 Å². The van der Waals surface area contributed by atoms with Gasteiger partial charge in [-0.3, -0.25) is 4.79 Å². The highest BCUT2D eigenvalue weighted by Gasteiger charge is 2.14. The molecule has 26 heavy (non-hydrogen) atoms. The third-order valence-electron chi connectivity index (χ3n) is 3.73. The molecule has 2 aromatic rings. The van der Waals surface area contributed by atoms with Crippen LogP contribution in [-0.4, -0.2) is 56.3 Å². The van der Waals surface area contributed by atoms with Crippen LogP contribution in [0, 0.1) is 11.6 Å². The Kier molecular flexibility index (Phi) is 6.65. The van der Waals surface area contributed by atoms with Gasteiger partial charge in [0, 0.05) is 18.7 Å². The van der Waals surface area contributed by atoms with E-state index in [0.29, 0.717) is 23.2 Å². The fourth-order valence-corrected chi connectivity index (χ4v) is 2.56. The molecular weight excluding hydrogens is 342 g/mol. The molecule has 0 aliphatic rings. The van der Waals surface area contributed by atoms with Gasteiger partial charge in [0.1, 0.15) is 0 Å². The van der Waals surface area contributed by atoms with E-state index in [1.165, 1.54) is 13.2 Å². The van der Waals surface area contributed by atoms with Gasteiger partial charge in [0.05, 0.1) is 13.2 Å². The van der Waals surface area contributed by atoms with Crippen molar-refractivity contribution in [2.24, 2.45) is 0 Å². The third kappa shape index (κ3) is 5.00. The molecule has 1 amide bonds. The Balaban J connectivity index is 2.16. The lowest BCUT2D eigenvalue weighted by molar-refractivity contribution is 0.0892. The van der Waals surface area contributed by atoms with Gasteiger partial charge in [0.2, 0.25) is 0 Å². The van der Waals surface area contributed by atoms with E-state index < -0.39 is 23.5 Å². The molecule has 7 heteroatoms. The minimum atomic E-state index is -0.816. The maximum atomic E-state index is 13.9. The van der Waals surface area contributed by atoms with Crippen LogP contribution in [0.4, 0.5) is 8.78 Å². The quantitative estimate of drug-likeness (QED) is 0.791. The Labute approximate surface area is 151 Å². The van der Waals surface area contributed by atoms with Crippen molar-refractivity contribution in [2.45, 2.75) is 6.10 Å². The molecule has 0 heterocycles. The van der Waals surface area contributed by atoms with Crippen molar-refractivity contribution in [3.63, 3.8) is 0 Å². The summed E-state index contributed by atoms with van der Waals surface area (Å²) in [5.74, 6) is -2.45. The molecule has 5 nitrogen and oxygen atoms in total. The lowest BCUT2D eigenvalue weighted by atomic mass is 10.0. The van der Waals surface area contributed by atoms with Crippen molar-refractivity contribution >= 4 is 5.91 Å². The largest absolute Gasteiger partial charge is 0.491 e. The third-order valence-corrected chi connectivity index (χ3v) is 3.73. The van der Waals surface area contributed by atoms with Crippen molar-refractivity contribution < 1.29 is 23.4 Å². The first kappa shape index (κ1) is 19.8. The van der Waals surface area contributed by atoms with Crippen LogP contribution in [0.5, 0.6) is 5.75 Å². The van der Waals surface area contributed by atoms with E-state index in [2.05, 4.69) is 10.1 Å². The molecule has 140 valence electrons. The number of carbonyl (C=O) groups is 1. The molecule has 0 fully saturated rings. The molecule has 0 aliphatic carbocycles. The van der Waals surface area contributed by atoms with Crippen molar-refractivity contribution in [3.8, 4) is 16.9 Å². The Bertz CT molecular complexity index is 758. The first-order valence-corrected chi connectivity index (χ1v) is 8.06. The van der Waals surface area contributed by atoms with Gasteiger partial charge < -0.3 is 20.1 Å². The molecule has 0 saturated heterocycles. The number of aliphatic hydroxyl groups excluding tert-OH is 1. The van der Waals surface area contributed by atoms with Gasteiger partial charge in [-0.25, -0.2) is 8.78 Å². The van der Waals surface area contributed by atoms with Gasteiger partial charge >= 0.3 is 0 Å². The van der Waals surface area contributed by atoms with Crippen LogP contribution in [0.1, 0.15) is 10.4 Å². The van der Waals surface area contributed by atoms with Crippen LogP contribution in [0.3, 0.4) is 0 Å². The number of aliphatic hydroxyl groups is 1. The van der Waals surface area contributed by atoms with Crippen LogP contribution >= 0.6 is 0 Å². The Morgan fingerprint density at radius 2 is 1.85 bits per heavy atom. The number of methoxy groups -OCH3 is 1. The molecule has 2 aromatic carbocycles. The number of rotatable bonds is 7. The number of nitrogens with zero attached hydrogens (tertiary/aromatic N) is 1. The van der Waals surface area contributed by atoms with Crippen LogP contribution in [0.15, 0.2) is 36.4 Å². The zero-order valence-electron chi connectivity index (χ0n) is 14.9. The minimum Gasteiger partial charge on any atom is -0.491 e. The summed E-state index contributed by atoms with van der Waals surface area (Å²) in [6.07, 6.45) is -0.693. The Morgan fingerprint density at radius 1 is 1.19 bits per heavy atom. The normalized spacial score (nSPS) is 12.1. The fraction of sp³-hybridized carbons (Fsp3) is 0.316. The lowest BCUT2D eigenvalue weighted by Gasteiger charge is -2.16. The maximum Gasteiger partial charge on any atom is 0.251 e. The van der Waals surface area contributed by atoms with Gasteiger partial charge in [-0.05, 0) is 49.5 Å². The van der Waals surface area contributed by atoms with Gasteiger partial charge in [-0.2, -0.15) is 0 Å². The first-order valence-electron chi connectivity index (χ1n) is 8.06. The molecule has 0 aliphatic heterocycles. The summed E-state index contributed by atoms with van der Waals surface area (Å²) >= 11 is 0. The van der Waals surface area contributed by atoms with E-state index >= 15 is 0 Å². The molecule has 0 spiro atoms. The molecule has 2 rings (SSSR count). The van der Waals surface area contributed by atoms with Crippen LogP contribution in [0.25, 0.3) is 11.1 Å². The summed E-state index contributed by atoms with van der Waals surface area (Å²) in [6, 6.07) is 8.71. The summed E-state index contributed by atoms with van der Waals surface area (Å²) in [5.41, 5.74) is 1.12. The van der Waals surface area contributed by atoms with Gasteiger partial charge in [0.25, 0.3) is 5.91 Å². The molecule has 1 atom stereocenters. The predicted molar refractivity (Wildman–Crippen MR) is 95.2 cm³/mol. The zero-order valence-corrected chi connectivity index (χ0v) is 14.9. The van der Waals surface area contributed by atoms with Gasteiger partial charge in [0.15, 0.2) is 17.4 Å². The highest BCUT2D eigenvalue weighted by atomic mass is 19.1. The monoisotopic (exact) mass is 364 g/mol. The van der Waals surface area contributed by atoms with Crippen LogP contribution in [0.2, 0.25) is 0 Å². The molecule has 0 unspecified atom stereocenters. The molecular formula is C19H22F2N2O3. The molecule has 0 radical (unpaired) electrons. The average Bonchev–Trinajstić information content (AvgIpc) is 2.59. The number of ether oxygens (including phenoxy) is 1. The standard InChI is InChI=1S/C19H22F2N2O3/c1-23(2)11-15(24)10-22-19(25)13-6-4-5-12(7-13)14-8-16(20)18(26-3)17(21)9-14/h4-9,15,24H,10-11H2,1-3H3,(H,22,25)/t15-/m1/s1. The second-order valence-corrected chi connectivity index (χ2v) is 6.18. The Hall–Kier alpha value is -2.51. The lowest BCUT2D eigenvalue weighted by Crippen LogP contribution is -2.37. The molecule has 0 aromatic heterocycles. The second kappa shape index (κ2) is 8.73. The maximum absolute atomic E-state index is 13.9. The second-order valence-electron chi connectivity index (χ2n) is 6.18. The summed E-state index contributed by atoms with van der Waals surface area (Å²) in [6.45, 7) is 0.526. The number of amides is 1. The minimum absolute atomic E-state index is 0.104. The molecule has 0 bridgehead atoms. The van der Waals surface area contributed by atoms with E-state index in [0.717, 1.165) is 12.1 Å². The van der Waals surface area contributed by atoms with Crippen molar-refractivity contribution in [1.82, 2.24) is 10.2 Å². The number of likely N-dealkylation sites (N-methyl/N-ethyl adjacent to an activating group) is 1. The van der Waals surface area contributed by atoms with E-state index in [-0.39, 0.29) is 12.5 Å². The smallest absolute Gasteiger partial charge is 0.251 e. The summed E-state index contributed by atoms with van der Waals surface area (Å²) in [5, 5.41) is 12.4. The number of carbonyl (C=O) groups excluding carboxylic acids is 1. The van der Waals surface area contributed by atoms with Crippen LogP contribution in [-0.2, 0) is 0 Å². The number of benzene rings is 2. The van der Waals surface area contributed by atoms with E-state index in [1.807, 2.05) is 19.0 Å². The SMILES string of the molecule is COc1c(F)cc(-c2cccc(C(=O)NC[C@@H](O)CN(C)C)c2)cc1F. The summed E-state index contributed by atoms with van der Waals surface area (Å²) in [7, 11) is 4.83. The van der Waals surface area contributed by atoms with E-state index in [1.54, 1.807) is 18.2 Å². The zero-order chi connectivity index (χ0) is 19.3. The first-order chi connectivity index (χ1) is 12.3. The highest BCUT2D eigenvalue weighted by molar-refractivity contribution is 5.95. The number of halogens is 2. The highest BCUT2D eigenvalue weighted by Crippen LogP contribution is 2.29. The van der Waals surface area contributed by atoms with Crippen LogP contribution < -0.4 is 10.1 Å². The van der Waals surface area contributed by atoms with Gasteiger partial charge in [-0.15, -0.1) is 0 Å². The number of hydrogen-bond acceptors (Lipinski definition) is 4. The van der Waals surface area contributed by atoms with Crippen molar-refractivity contribution in [3.05, 3.63) is 53.6 Å². The van der Waals surface area contributed by atoms with Crippen molar-refractivity contribution in [1.29, 1.82) is 0 Å². The van der Waals surface area contributed by atoms with Gasteiger partial charge in [-0.1, -0.05) is 12.1 Å². The Morgan fingerprint density at radius 3 is 2.42 bits per heavy atom.